The number of halogens is 1. The lowest BCUT2D eigenvalue weighted by Gasteiger charge is -2.12. The number of hydrogen-bond donors (Lipinski definition) is 2. The Balaban J connectivity index is 2.28. The van der Waals surface area contributed by atoms with Crippen molar-refractivity contribution in [2.75, 3.05) is 17.1 Å². The van der Waals surface area contributed by atoms with Crippen LogP contribution >= 0.6 is 0 Å². The number of carbonyl (C=O) groups is 1. The molecule has 0 saturated carbocycles. The van der Waals surface area contributed by atoms with Gasteiger partial charge in [-0.05, 0) is 36.4 Å². The van der Waals surface area contributed by atoms with Crippen molar-refractivity contribution < 1.29 is 22.3 Å². The summed E-state index contributed by atoms with van der Waals surface area (Å²) in [5.74, 6) is -0.493. The molecule has 23 heavy (non-hydrogen) atoms. The molecule has 0 radical (unpaired) electrons. The van der Waals surface area contributed by atoms with Crippen LogP contribution in [0.25, 0.3) is 0 Å². The molecule has 0 aliphatic rings. The van der Waals surface area contributed by atoms with Crippen molar-refractivity contribution >= 4 is 27.3 Å². The Kier molecular flexibility index (Phi) is 4.85. The van der Waals surface area contributed by atoms with Crippen LogP contribution in [0.15, 0.2) is 47.4 Å². The first-order valence-corrected chi connectivity index (χ1v) is 8.04. The minimum Gasteiger partial charge on any atom is -0.494 e. The molecule has 0 heterocycles. The number of ether oxygens (including phenoxy) is 1. The van der Waals surface area contributed by atoms with E-state index < -0.39 is 15.8 Å². The number of hydrogen-bond acceptors (Lipinski definition) is 4. The van der Waals surface area contributed by atoms with Crippen molar-refractivity contribution in [3.05, 3.63) is 48.3 Å². The number of methoxy groups -OCH3 is 1. The van der Waals surface area contributed by atoms with Gasteiger partial charge in [0.05, 0.1) is 23.4 Å². The molecule has 0 aliphatic heterocycles. The maximum atomic E-state index is 12.9. The molecule has 1 amide bonds. The number of carbonyl (C=O) groups excluding carboxylic acids is 1. The van der Waals surface area contributed by atoms with Crippen LogP contribution in [0.3, 0.4) is 0 Å². The van der Waals surface area contributed by atoms with E-state index in [2.05, 4.69) is 10.0 Å². The molecule has 2 aromatic rings. The van der Waals surface area contributed by atoms with Gasteiger partial charge in [0, 0.05) is 13.0 Å². The fourth-order valence-corrected chi connectivity index (χ4v) is 2.92. The quantitative estimate of drug-likeness (QED) is 0.877. The zero-order valence-corrected chi connectivity index (χ0v) is 13.3. The Bertz CT molecular complexity index is 820. The summed E-state index contributed by atoms with van der Waals surface area (Å²) in [5, 5.41) is 2.57. The molecule has 0 bridgehead atoms. The predicted octanol–water partition coefficient (Wildman–Crippen LogP) is 2.59. The summed E-state index contributed by atoms with van der Waals surface area (Å²) in [4.78, 5) is 11.0. The van der Waals surface area contributed by atoms with E-state index in [-0.39, 0.29) is 16.5 Å². The standard InChI is InChI=1S/C15H15FN2O4S/c1-10(19)17-14-8-5-12(9-15(14)22-2)18-23(20,21)13-6-3-11(16)4-7-13/h3-9,18H,1-2H3,(H,17,19). The minimum atomic E-state index is -3.85. The first kappa shape index (κ1) is 16.8. The van der Waals surface area contributed by atoms with Crippen LogP contribution in [0, 0.1) is 5.82 Å². The molecule has 122 valence electrons. The second-order valence-electron chi connectivity index (χ2n) is 4.66. The SMILES string of the molecule is COc1cc(NS(=O)(=O)c2ccc(F)cc2)ccc1NC(C)=O. The predicted molar refractivity (Wildman–Crippen MR) is 84.5 cm³/mol. The Morgan fingerprint density at radius 3 is 2.35 bits per heavy atom. The van der Waals surface area contributed by atoms with Crippen LogP contribution in [0.2, 0.25) is 0 Å². The van der Waals surface area contributed by atoms with Gasteiger partial charge >= 0.3 is 0 Å². The van der Waals surface area contributed by atoms with Gasteiger partial charge < -0.3 is 10.1 Å². The van der Waals surface area contributed by atoms with Gasteiger partial charge in [-0.25, -0.2) is 12.8 Å². The highest BCUT2D eigenvalue weighted by Gasteiger charge is 2.15. The number of nitrogens with one attached hydrogen (secondary N) is 2. The summed E-state index contributed by atoms with van der Waals surface area (Å²) in [6.45, 7) is 1.35. The molecular weight excluding hydrogens is 323 g/mol. The van der Waals surface area contributed by atoms with Gasteiger partial charge in [0.1, 0.15) is 11.6 Å². The fourth-order valence-electron chi connectivity index (χ4n) is 1.88. The number of benzene rings is 2. The number of anilines is 2. The lowest BCUT2D eigenvalue weighted by molar-refractivity contribution is -0.114. The molecule has 0 spiro atoms. The van der Waals surface area contributed by atoms with E-state index in [0.29, 0.717) is 11.4 Å². The van der Waals surface area contributed by atoms with E-state index in [1.165, 1.54) is 44.4 Å². The van der Waals surface area contributed by atoms with Crippen molar-refractivity contribution in [2.45, 2.75) is 11.8 Å². The number of rotatable bonds is 5. The second-order valence-corrected chi connectivity index (χ2v) is 6.34. The molecule has 6 nitrogen and oxygen atoms in total. The Morgan fingerprint density at radius 2 is 1.78 bits per heavy atom. The van der Waals surface area contributed by atoms with Gasteiger partial charge in [-0.3, -0.25) is 9.52 Å². The highest BCUT2D eigenvalue weighted by molar-refractivity contribution is 7.92. The molecule has 2 aromatic carbocycles. The van der Waals surface area contributed by atoms with Gasteiger partial charge in [0.2, 0.25) is 5.91 Å². The van der Waals surface area contributed by atoms with Crippen molar-refractivity contribution in [1.29, 1.82) is 0 Å². The van der Waals surface area contributed by atoms with Gasteiger partial charge in [0.15, 0.2) is 0 Å². The lowest BCUT2D eigenvalue weighted by Crippen LogP contribution is -2.13. The zero-order chi connectivity index (χ0) is 17.0. The average Bonchev–Trinajstić information content (AvgIpc) is 2.48. The summed E-state index contributed by atoms with van der Waals surface area (Å²) >= 11 is 0. The van der Waals surface area contributed by atoms with Crippen molar-refractivity contribution in [3.63, 3.8) is 0 Å². The summed E-state index contributed by atoms with van der Waals surface area (Å²) in [7, 11) is -2.45. The monoisotopic (exact) mass is 338 g/mol. The molecule has 0 aliphatic carbocycles. The summed E-state index contributed by atoms with van der Waals surface area (Å²) in [5.41, 5.74) is 0.671. The molecule has 0 atom stereocenters. The summed E-state index contributed by atoms with van der Waals surface area (Å²) < 4.78 is 44.8. The van der Waals surface area contributed by atoms with E-state index in [1.54, 1.807) is 0 Å². The average molecular weight is 338 g/mol. The number of sulfonamides is 1. The van der Waals surface area contributed by atoms with Crippen LogP contribution in [-0.4, -0.2) is 21.4 Å². The molecule has 2 rings (SSSR count). The van der Waals surface area contributed by atoms with Crippen LogP contribution in [-0.2, 0) is 14.8 Å². The Labute approximate surface area is 133 Å². The normalized spacial score (nSPS) is 10.9. The van der Waals surface area contributed by atoms with Crippen LogP contribution < -0.4 is 14.8 Å². The van der Waals surface area contributed by atoms with E-state index in [0.717, 1.165) is 12.1 Å². The molecule has 0 aromatic heterocycles. The Hall–Kier alpha value is -2.61. The third-order valence-electron chi connectivity index (χ3n) is 2.89. The third kappa shape index (κ3) is 4.19. The van der Waals surface area contributed by atoms with Gasteiger partial charge in [-0.15, -0.1) is 0 Å². The highest BCUT2D eigenvalue weighted by atomic mass is 32.2. The van der Waals surface area contributed by atoms with Crippen molar-refractivity contribution in [1.82, 2.24) is 0 Å². The first-order valence-electron chi connectivity index (χ1n) is 6.56. The van der Waals surface area contributed by atoms with Crippen molar-refractivity contribution in [3.8, 4) is 5.75 Å². The molecule has 0 unspecified atom stereocenters. The second kappa shape index (κ2) is 6.66. The van der Waals surface area contributed by atoms with Crippen LogP contribution in [0.5, 0.6) is 5.75 Å². The molecule has 0 saturated heterocycles. The van der Waals surface area contributed by atoms with Crippen LogP contribution in [0.4, 0.5) is 15.8 Å². The highest BCUT2D eigenvalue weighted by Crippen LogP contribution is 2.29. The van der Waals surface area contributed by atoms with Crippen LogP contribution in [0.1, 0.15) is 6.92 Å². The molecule has 0 fully saturated rings. The minimum absolute atomic E-state index is 0.0659. The third-order valence-corrected chi connectivity index (χ3v) is 4.29. The molecule has 2 N–H and O–H groups in total. The summed E-state index contributed by atoms with van der Waals surface area (Å²) in [6, 6.07) is 8.90. The topological polar surface area (TPSA) is 84.5 Å². The maximum Gasteiger partial charge on any atom is 0.261 e. The van der Waals surface area contributed by atoms with Gasteiger partial charge in [0.25, 0.3) is 10.0 Å². The van der Waals surface area contributed by atoms with E-state index in [1.807, 2.05) is 0 Å². The van der Waals surface area contributed by atoms with E-state index in [4.69, 9.17) is 4.74 Å². The van der Waals surface area contributed by atoms with Gasteiger partial charge in [-0.1, -0.05) is 0 Å². The van der Waals surface area contributed by atoms with Gasteiger partial charge in [-0.2, -0.15) is 0 Å². The smallest absolute Gasteiger partial charge is 0.261 e. The zero-order valence-electron chi connectivity index (χ0n) is 12.5. The van der Waals surface area contributed by atoms with E-state index in [9.17, 15) is 17.6 Å². The van der Waals surface area contributed by atoms with E-state index >= 15 is 0 Å². The number of amides is 1. The lowest BCUT2D eigenvalue weighted by atomic mass is 10.2. The van der Waals surface area contributed by atoms with Crippen molar-refractivity contribution in [2.24, 2.45) is 0 Å². The largest absolute Gasteiger partial charge is 0.494 e. The molecular formula is C15H15FN2O4S. The molecule has 8 heteroatoms. The fraction of sp³-hybridized carbons (Fsp3) is 0.133. The maximum absolute atomic E-state index is 12.9. The summed E-state index contributed by atoms with van der Waals surface area (Å²) in [6.07, 6.45) is 0. The Morgan fingerprint density at radius 1 is 1.13 bits per heavy atom. The first-order chi connectivity index (χ1) is 10.8.